The molecule has 1 fully saturated rings. The molecule has 1 amide bonds. The molecule has 33 heavy (non-hydrogen) atoms. The van der Waals surface area contributed by atoms with Crippen molar-refractivity contribution in [1.82, 2.24) is 14.4 Å². The van der Waals surface area contributed by atoms with Gasteiger partial charge in [-0.1, -0.05) is 6.07 Å². The van der Waals surface area contributed by atoms with Gasteiger partial charge in [0.25, 0.3) is 0 Å². The summed E-state index contributed by atoms with van der Waals surface area (Å²) in [4.78, 5) is 17.5. The Morgan fingerprint density at radius 1 is 0.970 bits per heavy atom. The van der Waals surface area contributed by atoms with E-state index in [1.165, 1.54) is 5.56 Å². The Morgan fingerprint density at radius 2 is 1.70 bits per heavy atom. The minimum atomic E-state index is 0.0350. The number of carbonyl (C=O) groups is 1. The summed E-state index contributed by atoms with van der Waals surface area (Å²) in [6.07, 6.45) is 4.53. The molecular weight excluding hydrogens is 438 g/mol. The zero-order valence-electron chi connectivity index (χ0n) is 19.4. The maximum absolute atomic E-state index is 13.2. The summed E-state index contributed by atoms with van der Waals surface area (Å²) in [5.41, 5.74) is 2.23. The van der Waals surface area contributed by atoms with Gasteiger partial charge >= 0.3 is 0 Å². The highest BCUT2D eigenvalue weighted by Gasteiger charge is 2.26. The summed E-state index contributed by atoms with van der Waals surface area (Å²) in [7, 11) is 4.88. The summed E-state index contributed by atoms with van der Waals surface area (Å²) >= 11 is 1.66. The largest absolute Gasteiger partial charge is 0.493 e. The first kappa shape index (κ1) is 23.2. The van der Waals surface area contributed by atoms with Crippen LogP contribution in [0.15, 0.2) is 53.5 Å². The van der Waals surface area contributed by atoms with Gasteiger partial charge in [-0.15, -0.1) is 0 Å². The third kappa shape index (κ3) is 5.17. The van der Waals surface area contributed by atoms with Crippen LogP contribution >= 0.6 is 11.3 Å². The lowest BCUT2D eigenvalue weighted by Gasteiger charge is -2.35. The Kier molecular flexibility index (Phi) is 7.57. The normalized spacial score (nSPS) is 15.3. The molecule has 3 aromatic rings. The molecule has 0 aliphatic carbocycles. The lowest BCUT2D eigenvalue weighted by Crippen LogP contribution is -2.48. The van der Waals surface area contributed by atoms with Gasteiger partial charge in [-0.05, 0) is 40.6 Å². The van der Waals surface area contributed by atoms with Crippen LogP contribution in [0.5, 0.6) is 17.2 Å². The van der Waals surface area contributed by atoms with Crippen molar-refractivity contribution in [3.63, 3.8) is 0 Å². The molecule has 8 heteroatoms. The molecule has 1 aliphatic heterocycles. The number of aromatic nitrogens is 1. The monoisotopic (exact) mass is 469 g/mol. The second-order valence-corrected chi connectivity index (χ2v) is 8.84. The summed E-state index contributed by atoms with van der Waals surface area (Å²) in [5.74, 6) is 2.15. The van der Waals surface area contributed by atoms with Gasteiger partial charge in [0.05, 0.1) is 33.8 Å². The van der Waals surface area contributed by atoms with Gasteiger partial charge in [0.15, 0.2) is 11.5 Å². The predicted molar refractivity (Wildman–Crippen MR) is 129 cm³/mol. The second kappa shape index (κ2) is 10.8. The number of carbonyl (C=O) groups excluding carboxylic acids is 1. The molecule has 176 valence electrons. The van der Waals surface area contributed by atoms with Gasteiger partial charge in [0.2, 0.25) is 11.7 Å². The van der Waals surface area contributed by atoms with E-state index in [-0.39, 0.29) is 11.9 Å². The maximum atomic E-state index is 13.2. The number of ether oxygens (including phenoxy) is 3. The minimum absolute atomic E-state index is 0.0350. The number of piperazine rings is 1. The molecule has 1 saturated heterocycles. The van der Waals surface area contributed by atoms with Crippen LogP contribution in [0.2, 0.25) is 0 Å². The first-order chi connectivity index (χ1) is 16.1. The molecular formula is C25H31N3O4S. The number of amides is 1. The maximum Gasteiger partial charge on any atom is 0.225 e. The highest BCUT2D eigenvalue weighted by molar-refractivity contribution is 7.08. The SMILES string of the molecule is COc1ccc(CN2CCN(C(=O)C[C@@H](c3ccsc3)n3cccc3)CC2)c(OC)c1OC. The van der Waals surface area contributed by atoms with Gasteiger partial charge in [-0.25, -0.2) is 0 Å². The fraction of sp³-hybridized carbons (Fsp3) is 0.400. The lowest BCUT2D eigenvalue weighted by atomic mass is 10.1. The zero-order valence-corrected chi connectivity index (χ0v) is 20.2. The first-order valence-electron chi connectivity index (χ1n) is 11.1. The van der Waals surface area contributed by atoms with Crippen LogP contribution < -0.4 is 14.2 Å². The van der Waals surface area contributed by atoms with Crippen molar-refractivity contribution in [2.75, 3.05) is 47.5 Å². The Hall–Kier alpha value is -2.97. The van der Waals surface area contributed by atoms with Crippen LogP contribution in [0.4, 0.5) is 0 Å². The van der Waals surface area contributed by atoms with E-state index in [4.69, 9.17) is 14.2 Å². The molecule has 1 aliphatic rings. The minimum Gasteiger partial charge on any atom is -0.493 e. The van der Waals surface area contributed by atoms with Gasteiger partial charge in [0.1, 0.15) is 0 Å². The van der Waals surface area contributed by atoms with Crippen LogP contribution in [-0.2, 0) is 11.3 Å². The number of methoxy groups -OCH3 is 3. The van der Waals surface area contributed by atoms with Crippen molar-refractivity contribution >= 4 is 17.2 Å². The average molecular weight is 470 g/mol. The number of hydrogen-bond donors (Lipinski definition) is 0. The number of rotatable bonds is 9. The molecule has 0 radical (unpaired) electrons. The molecule has 0 spiro atoms. The van der Waals surface area contributed by atoms with Crippen LogP contribution in [0.3, 0.4) is 0 Å². The third-order valence-electron chi connectivity index (χ3n) is 6.19. The first-order valence-corrected chi connectivity index (χ1v) is 12.0. The molecule has 0 bridgehead atoms. The highest BCUT2D eigenvalue weighted by atomic mass is 32.1. The summed E-state index contributed by atoms with van der Waals surface area (Å²) in [6.45, 7) is 3.80. The summed E-state index contributed by atoms with van der Waals surface area (Å²) in [5, 5.41) is 4.20. The van der Waals surface area contributed by atoms with Gasteiger partial charge < -0.3 is 23.7 Å². The summed E-state index contributed by atoms with van der Waals surface area (Å²) in [6, 6.07) is 10.1. The second-order valence-electron chi connectivity index (χ2n) is 8.06. The highest BCUT2D eigenvalue weighted by Crippen LogP contribution is 2.40. The quantitative estimate of drug-likeness (QED) is 0.476. The van der Waals surface area contributed by atoms with E-state index in [0.29, 0.717) is 23.7 Å². The topological polar surface area (TPSA) is 56.2 Å². The van der Waals surface area contributed by atoms with Crippen LogP contribution in [0.25, 0.3) is 0 Å². The molecule has 0 unspecified atom stereocenters. The molecule has 1 atom stereocenters. The number of hydrogen-bond acceptors (Lipinski definition) is 6. The fourth-order valence-electron chi connectivity index (χ4n) is 4.39. The number of thiophene rings is 1. The van der Waals surface area contributed by atoms with Crippen LogP contribution in [0.1, 0.15) is 23.6 Å². The summed E-state index contributed by atoms with van der Waals surface area (Å²) < 4.78 is 18.6. The Balaban J connectivity index is 1.38. The third-order valence-corrected chi connectivity index (χ3v) is 6.89. The molecule has 2 aromatic heterocycles. The molecule has 1 aromatic carbocycles. The van der Waals surface area contributed by atoms with Crippen molar-refractivity contribution in [2.45, 2.75) is 19.0 Å². The Labute approximate surface area is 199 Å². The molecule has 4 rings (SSSR count). The Morgan fingerprint density at radius 3 is 2.30 bits per heavy atom. The van der Waals surface area contributed by atoms with Crippen LogP contribution in [0, 0.1) is 0 Å². The number of benzene rings is 1. The fourth-order valence-corrected chi connectivity index (χ4v) is 5.10. The van der Waals surface area contributed by atoms with Gasteiger partial charge in [-0.3, -0.25) is 9.69 Å². The van der Waals surface area contributed by atoms with E-state index in [9.17, 15) is 4.79 Å². The average Bonchev–Trinajstić information content (AvgIpc) is 3.57. The van der Waals surface area contributed by atoms with E-state index in [0.717, 1.165) is 38.3 Å². The van der Waals surface area contributed by atoms with E-state index in [2.05, 4.69) is 26.3 Å². The number of nitrogens with zero attached hydrogens (tertiary/aromatic N) is 3. The predicted octanol–water partition coefficient (Wildman–Crippen LogP) is 3.90. The molecule has 3 heterocycles. The smallest absolute Gasteiger partial charge is 0.225 e. The standard InChI is InChI=1S/C25H31N3O4S/c1-30-22-7-6-19(24(31-2)25(22)32-3)17-26-11-13-28(14-12-26)23(29)16-21(20-8-15-33-18-20)27-9-4-5-10-27/h4-10,15,18,21H,11-14,16-17H2,1-3H3/t21-/m0/s1. The molecule has 7 nitrogen and oxygen atoms in total. The van der Waals surface area contributed by atoms with Gasteiger partial charge in [-0.2, -0.15) is 11.3 Å². The van der Waals surface area contributed by atoms with E-state index in [1.54, 1.807) is 32.7 Å². The van der Waals surface area contributed by atoms with Crippen LogP contribution in [-0.4, -0.2) is 67.8 Å². The zero-order chi connectivity index (χ0) is 23.2. The van der Waals surface area contributed by atoms with Crippen molar-refractivity contribution in [3.8, 4) is 17.2 Å². The van der Waals surface area contributed by atoms with Crippen molar-refractivity contribution in [3.05, 3.63) is 64.6 Å². The molecule has 0 saturated carbocycles. The van der Waals surface area contributed by atoms with Crippen molar-refractivity contribution < 1.29 is 19.0 Å². The lowest BCUT2D eigenvalue weighted by molar-refractivity contribution is -0.133. The van der Waals surface area contributed by atoms with E-state index >= 15 is 0 Å². The van der Waals surface area contributed by atoms with Crippen molar-refractivity contribution in [1.29, 1.82) is 0 Å². The molecule has 0 N–H and O–H groups in total. The van der Waals surface area contributed by atoms with E-state index in [1.807, 2.05) is 41.6 Å². The van der Waals surface area contributed by atoms with Gasteiger partial charge in [0, 0.05) is 50.7 Å². The van der Waals surface area contributed by atoms with Crippen molar-refractivity contribution in [2.24, 2.45) is 0 Å². The Bertz CT molecular complexity index is 994. The van der Waals surface area contributed by atoms with E-state index < -0.39 is 0 Å².